The molecule has 0 aromatic carbocycles. The lowest BCUT2D eigenvalue weighted by atomic mass is 10.3. The van der Waals surface area contributed by atoms with E-state index >= 15 is 0 Å². The molecule has 6 nitrogen and oxygen atoms in total. The molecule has 0 aromatic rings. The Morgan fingerprint density at radius 2 is 1.82 bits per heavy atom. The van der Waals surface area contributed by atoms with E-state index in [2.05, 4.69) is 16.9 Å². The Labute approximate surface area is 108 Å². The lowest BCUT2D eigenvalue weighted by Crippen LogP contribution is -2.43. The highest BCUT2D eigenvalue weighted by Crippen LogP contribution is 2.04. The van der Waals surface area contributed by atoms with Gasteiger partial charge in [0.15, 0.2) is 9.84 Å². The molecule has 1 unspecified atom stereocenters. The van der Waals surface area contributed by atoms with Gasteiger partial charge in [-0.1, -0.05) is 26.1 Å². The van der Waals surface area contributed by atoms with Gasteiger partial charge in [-0.25, -0.2) is 21.6 Å². The molecule has 0 aliphatic heterocycles. The average molecular weight is 302 g/mol. The van der Waals surface area contributed by atoms with E-state index < -0.39 is 25.1 Å². The van der Waals surface area contributed by atoms with Crippen molar-refractivity contribution in [3.63, 3.8) is 0 Å². The fourth-order valence-electron chi connectivity index (χ4n) is 1.16. The quantitative estimate of drug-likeness (QED) is 0.580. The van der Waals surface area contributed by atoms with Gasteiger partial charge in [0.1, 0.15) is 5.25 Å². The normalized spacial score (nSPS) is 14.5. The highest BCUT2D eigenvalue weighted by Gasteiger charge is 2.26. The number of nitrogens with two attached hydrogens (primary N) is 1. The van der Waals surface area contributed by atoms with Crippen molar-refractivity contribution in [2.45, 2.75) is 25.5 Å². The minimum absolute atomic E-state index is 0.0127. The Kier molecular flexibility index (Phi) is 6.52. The first-order valence-corrected chi connectivity index (χ1v) is 8.92. The molecule has 0 spiro atoms. The van der Waals surface area contributed by atoms with Gasteiger partial charge < -0.3 is 5.73 Å². The van der Waals surface area contributed by atoms with Crippen molar-refractivity contribution in [1.82, 2.24) is 4.72 Å². The van der Waals surface area contributed by atoms with E-state index in [0.717, 1.165) is 0 Å². The maximum Gasteiger partial charge on any atom is 0.221 e. The molecule has 3 N–H and O–H groups in total. The Bertz CT molecular complexity index is 455. The molecule has 0 radical (unpaired) electrons. The largest absolute Gasteiger partial charge is 0.392 e. The first-order chi connectivity index (χ1) is 7.66. The van der Waals surface area contributed by atoms with Crippen molar-refractivity contribution in [2.24, 2.45) is 5.73 Å². The van der Waals surface area contributed by atoms with Crippen LogP contribution < -0.4 is 10.5 Å². The molecule has 0 bridgehead atoms. The maximum atomic E-state index is 11.7. The van der Waals surface area contributed by atoms with Crippen LogP contribution in [0.2, 0.25) is 0 Å². The number of hydrogen-bond acceptors (Lipinski definition) is 5. The van der Waals surface area contributed by atoms with Crippen molar-refractivity contribution < 1.29 is 16.8 Å². The van der Waals surface area contributed by atoms with Crippen LogP contribution >= 0.6 is 12.2 Å². The van der Waals surface area contributed by atoms with E-state index in [1.807, 2.05) is 0 Å². The Hall–Kier alpha value is -0.250. The van der Waals surface area contributed by atoms with E-state index in [1.54, 1.807) is 6.92 Å². The van der Waals surface area contributed by atoms with Gasteiger partial charge in [-0.3, -0.25) is 0 Å². The number of rotatable bonds is 8. The molecule has 0 aliphatic rings. The van der Waals surface area contributed by atoms with Crippen LogP contribution in [-0.2, 0) is 19.9 Å². The molecule has 0 aromatic heterocycles. The van der Waals surface area contributed by atoms with E-state index in [0.29, 0.717) is 0 Å². The van der Waals surface area contributed by atoms with E-state index in [-0.39, 0.29) is 29.5 Å². The fourth-order valence-corrected chi connectivity index (χ4v) is 3.87. The molecule has 9 heteroatoms. The Balaban J connectivity index is 4.53. The first kappa shape index (κ1) is 16.8. The summed E-state index contributed by atoms with van der Waals surface area (Å²) in [4.78, 5) is -0.113. The zero-order chi connectivity index (χ0) is 13.7. The molecular weight excluding hydrogens is 284 g/mol. The van der Waals surface area contributed by atoms with Gasteiger partial charge in [-0.15, -0.1) is 0 Å². The molecule has 0 rings (SSSR count). The second-order valence-electron chi connectivity index (χ2n) is 3.47. The highest BCUT2D eigenvalue weighted by molar-refractivity contribution is 7.93. The molecular formula is C8H18N2O4S3. The van der Waals surface area contributed by atoms with Gasteiger partial charge in [0.2, 0.25) is 10.0 Å². The number of thiocarbonyl (C=S) groups is 1. The van der Waals surface area contributed by atoms with Crippen molar-refractivity contribution >= 4 is 37.1 Å². The predicted octanol–water partition coefficient (Wildman–Crippen LogP) is -0.595. The second-order valence-corrected chi connectivity index (χ2v) is 8.37. The summed E-state index contributed by atoms with van der Waals surface area (Å²) in [5.41, 5.74) is 5.31. The van der Waals surface area contributed by atoms with Crippen LogP contribution in [0, 0.1) is 0 Å². The Morgan fingerprint density at radius 3 is 2.18 bits per heavy atom. The lowest BCUT2D eigenvalue weighted by Gasteiger charge is -2.14. The molecule has 0 fully saturated rings. The maximum absolute atomic E-state index is 11.7. The summed E-state index contributed by atoms with van der Waals surface area (Å²) in [5, 5.41) is -0.957. The van der Waals surface area contributed by atoms with Crippen LogP contribution in [0.25, 0.3) is 0 Å². The van der Waals surface area contributed by atoms with Crippen LogP contribution in [-0.4, -0.2) is 45.1 Å². The summed E-state index contributed by atoms with van der Waals surface area (Å²) in [7, 11) is -6.87. The molecule has 0 heterocycles. The third-order valence-electron chi connectivity index (χ3n) is 2.22. The smallest absolute Gasteiger partial charge is 0.221 e. The van der Waals surface area contributed by atoms with Crippen molar-refractivity contribution in [2.75, 3.05) is 18.1 Å². The monoisotopic (exact) mass is 302 g/mol. The zero-order valence-electron chi connectivity index (χ0n) is 9.84. The molecule has 0 saturated heterocycles. The number of sulfone groups is 1. The van der Waals surface area contributed by atoms with Gasteiger partial charge >= 0.3 is 0 Å². The summed E-state index contributed by atoms with van der Waals surface area (Å²) < 4.78 is 48.0. The summed E-state index contributed by atoms with van der Waals surface area (Å²) >= 11 is 4.65. The molecule has 0 saturated carbocycles. The van der Waals surface area contributed by atoms with Gasteiger partial charge in [0.05, 0.1) is 10.7 Å². The van der Waals surface area contributed by atoms with Gasteiger partial charge in [0, 0.05) is 12.3 Å². The van der Waals surface area contributed by atoms with Crippen molar-refractivity contribution in [3.05, 3.63) is 0 Å². The van der Waals surface area contributed by atoms with Crippen molar-refractivity contribution in [3.8, 4) is 0 Å². The summed E-state index contributed by atoms with van der Waals surface area (Å²) in [5.74, 6) is -0.238. The third-order valence-corrected chi connectivity index (χ3v) is 6.30. The summed E-state index contributed by atoms with van der Waals surface area (Å²) in [6, 6.07) is 0. The summed E-state index contributed by atoms with van der Waals surface area (Å²) in [6.45, 7) is 3.00. The molecule has 1 atom stereocenters. The molecule has 102 valence electrons. The van der Waals surface area contributed by atoms with Crippen LogP contribution in [0.4, 0.5) is 0 Å². The fraction of sp³-hybridized carbons (Fsp3) is 0.875. The predicted molar refractivity (Wildman–Crippen MR) is 72.1 cm³/mol. The van der Waals surface area contributed by atoms with Crippen LogP contribution in [0.5, 0.6) is 0 Å². The zero-order valence-corrected chi connectivity index (χ0v) is 12.3. The average Bonchev–Trinajstić information content (AvgIpc) is 2.16. The topological polar surface area (TPSA) is 106 Å². The number of nitrogens with one attached hydrogen (secondary N) is 1. The second kappa shape index (κ2) is 6.62. The van der Waals surface area contributed by atoms with E-state index in [1.165, 1.54) is 6.92 Å². The molecule has 0 aliphatic carbocycles. The summed E-state index contributed by atoms with van der Waals surface area (Å²) in [6.07, 6.45) is 0.255. The lowest BCUT2D eigenvalue weighted by molar-refractivity contribution is 0.575. The van der Waals surface area contributed by atoms with Gasteiger partial charge in [-0.05, 0) is 6.42 Å². The van der Waals surface area contributed by atoms with Crippen LogP contribution in [0.1, 0.15) is 20.3 Å². The van der Waals surface area contributed by atoms with Gasteiger partial charge in [0.25, 0.3) is 0 Å². The Morgan fingerprint density at radius 1 is 1.29 bits per heavy atom. The van der Waals surface area contributed by atoms with E-state index in [4.69, 9.17) is 5.73 Å². The molecule has 0 amide bonds. The highest BCUT2D eigenvalue weighted by atomic mass is 32.2. The van der Waals surface area contributed by atoms with Crippen LogP contribution in [0.3, 0.4) is 0 Å². The van der Waals surface area contributed by atoms with Crippen LogP contribution in [0.15, 0.2) is 0 Å². The van der Waals surface area contributed by atoms with Gasteiger partial charge in [-0.2, -0.15) is 0 Å². The SMILES string of the molecule is CCC(C(N)=S)S(=O)(=O)NCCS(=O)(=O)CC. The number of hydrogen-bond donors (Lipinski definition) is 2. The first-order valence-electron chi connectivity index (χ1n) is 5.14. The van der Waals surface area contributed by atoms with Crippen molar-refractivity contribution in [1.29, 1.82) is 0 Å². The minimum atomic E-state index is -3.68. The minimum Gasteiger partial charge on any atom is -0.392 e. The standard InChI is InChI=1S/C8H18N2O4S3/c1-3-7(8(9)15)17(13,14)10-5-6-16(11,12)4-2/h7,10H,3-6H2,1-2H3,(H2,9,15). The molecule has 17 heavy (non-hydrogen) atoms. The third kappa shape index (κ3) is 5.75. The van der Waals surface area contributed by atoms with E-state index in [9.17, 15) is 16.8 Å². The number of sulfonamides is 1.